The summed E-state index contributed by atoms with van der Waals surface area (Å²) in [4.78, 5) is 12.1. The largest absolute Gasteiger partial charge is 0.457 e. The van der Waals surface area contributed by atoms with Crippen molar-refractivity contribution in [3.63, 3.8) is 0 Å². The molecule has 4 rings (SSSR count). The van der Waals surface area contributed by atoms with Crippen LogP contribution in [-0.4, -0.2) is 5.97 Å². The van der Waals surface area contributed by atoms with E-state index in [1.54, 1.807) is 36.4 Å². The molecule has 0 aliphatic carbocycles. The molecule has 1 aliphatic rings. The van der Waals surface area contributed by atoms with Gasteiger partial charge in [-0.2, -0.15) is 5.26 Å². The summed E-state index contributed by atoms with van der Waals surface area (Å²) in [6, 6.07) is 15.1. The Labute approximate surface area is 175 Å². The molecule has 2 aromatic carbocycles. The number of nitriles is 1. The van der Waals surface area contributed by atoms with Crippen molar-refractivity contribution in [2.24, 2.45) is 5.73 Å². The molecule has 3 aromatic rings. The smallest absolute Gasteiger partial charge is 0.379 e. The summed E-state index contributed by atoms with van der Waals surface area (Å²) < 4.78 is 16.0. The van der Waals surface area contributed by atoms with Crippen LogP contribution in [0.15, 0.2) is 70.7 Å². The average Bonchev–Trinajstić information content (AvgIpc) is 3.24. The van der Waals surface area contributed by atoms with Crippen molar-refractivity contribution in [1.82, 2.24) is 0 Å². The lowest BCUT2D eigenvalue weighted by Gasteiger charge is -2.27. The summed E-state index contributed by atoms with van der Waals surface area (Å²) in [5.74, 6) is -0.510. The normalized spacial score (nSPS) is 15.3. The van der Waals surface area contributed by atoms with Crippen molar-refractivity contribution in [1.29, 1.82) is 5.26 Å². The minimum absolute atomic E-state index is 0.0365. The third kappa shape index (κ3) is 3.54. The second-order valence-corrected chi connectivity index (χ2v) is 6.98. The van der Waals surface area contributed by atoms with Crippen molar-refractivity contribution in [3.8, 4) is 17.6 Å². The number of carbonyl (C=O) groups excluding carboxylic acids is 1. The number of carbonyl (C=O) groups is 1. The predicted octanol–water partition coefficient (Wildman–Crippen LogP) is 5.02. The van der Waals surface area contributed by atoms with Gasteiger partial charge in [-0.3, -0.25) is 0 Å². The van der Waals surface area contributed by atoms with E-state index in [-0.39, 0.29) is 23.0 Å². The van der Waals surface area contributed by atoms with Gasteiger partial charge in [-0.15, -0.1) is 0 Å². The molecule has 2 heterocycles. The van der Waals surface area contributed by atoms with Gasteiger partial charge in [-0.05, 0) is 35.9 Å². The Morgan fingerprint density at radius 3 is 2.66 bits per heavy atom. The molecule has 8 heteroatoms. The summed E-state index contributed by atoms with van der Waals surface area (Å²) in [7, 11) is 0. The van der Waals surface area contributed by atoms with Gasteiger partial charge in [0.25, 0.3) is 0 Å². The maximum atomic E-state index is 12.1. The summed E-state index contributed by atoms with van der Waals surface area (Å²) >= 11 is 12.2. The number of benzene rings is 2. The molecule has 144 valence electrons. The Hall–Kier alpha value is -3.40. The van der Waals surface area contributed by atoms with Crippen molar-refractivity contribution in [2.75, 3.05) is 0 Å². The van der Waals surface area contributed by atoms with Gasteiger partial charge >= 0.3 is 5.97 Å². The van der Waals surface area contributed by atoms with Gasteiger partial charge < -0.3 is 19.6 Å². The topological polar surface area (TPSA) is 98.5 Å². The van der Waals surface area contributed by atoms with Gasteiger partial charge in [0.2, 0.25) is 11.6 Å². The molecule has 0 saturated heterocycles. The molecular formula is C21H12Cl2N2O4. The highest BCUT2D eigenvalue weighted by molar-refractivity contribution is 6.42. The van der Waals surface area contributed by atoms with E-state index in [1.807, 2.05) is 0 Å². The molecule has 0 bridgehead atoms. The van der Waals surface area contributed by atoms with Crippen LogP contribution in [0.1, 0.15) is 27.6 Å². The number of esters is 1. The molecule has 0 fully saturated rings. The SMILES string of the molecule is N#CC1=C(N)Oc2cc(OC(=O)c3ccco3)ccc2C1c1ccc(Cl)c(Cl)c1. The first-order chi connectivity index (χ1) is 14.0. The van der Waals surface area contributed by atoms with Crippen molar-refractivity contribution in [2.45, 2.75) is 5.92 Å². The molecular weight excluding hydrogens is 415 g/mol. The zero-order chi connectivity index (χ0) is 20.5. The quantitative estimate of drug-likeness (QED) is 0.465. The van der Waals surface area contributed by atoms with E-state index in [0.29, 0.717) is 21.4 Å². The van der Waals surface area contributed by atoms with E-state index in [0.717, 1.165) is 5.56 Å². The highest BCUT2D eigenvalue weighted by Crippen LogP contribution is 2.44. The van der Waals surface area contributed by atoms with Crippen LogP contribution >= 0.6 is 23.2 Å². The molecule has 6 nitrogen and oxygen atoms in total. The maximum absolute atomic E-state index is 12.1. The monoisotopic (exact) mass is 426 g/mol. The molecule has 0 radical (unpaired) electrons. The van der Waals surface area contributed by atoms with E-state index < -0.39 is 11.9 Å². The Balaban J connectivity index is 1.74. The predicted molar refractivity (Wildman–Crippen MR) is 106 cm³/mol. The van der Waals surface area contributed by atoms with Crippen LogP contribution < -0.4 is 15.2 Å². The minimum atomic E-state index is -0.645. The molecule has 0 amide bonds. The standard InChI is InChI=1S/C21H12Cl2N2O4/c22-15-6-3-11(8-16(15)23)19-13-5-4-12(28-21(26)17-2-1-7-27-17)9-18(13)29-20(25)14(19)10-24/h1-9,19H,25H2. The second-order valence-electron chi connectivity index (χ2n) is 6.16. The summed E-state index contributed by atoms with van der Waals surface area (Å²) in [5.41, 5.74) is 7.63. The van der Waals surface area contributed by atoms with E-state index in [2.05, 4.69) is 6.07 Å². The Kier molecular flexibility index (Phi) is 4.93. The zero-order valence-corrected chi connectivity index (χ0v) is 16.2. The molecule has 1 unspecified atom stereocenters. The number of allylic oxidation sites excluding steroid dienone is 1. The van der Waals surface area contributed by atoms with Gasteiger partial charge in [0.1, 0.15) is 23.1 Å². The number of rotatable bonds is 3. The Morgan fingerprint density at radius 1 is 1.14 bits per heavy atom. The van der Waals surface area contributed by atoms with Crippen molar-refractivity contribution < 1.29 is 18.7 Å². The van der Waals surface area contributed by atoms with Gasteiger partial charge in [-0.1, -0.05) is 35.3 Å². The summed E-state index contributed by atoms with van der Waals surface area (Å²) in [6.07, 6.45) is 1.38. The number of nitrogens with zero attached hydrogens (tertiary/aromatic N) is 1. The number of furan rings is 1. The molecule has 1 aliphatic heterocycles. The van der Waals surface area contributed by atoms with Crippen LogP contribution in [0.4, 0.5) is 0 Å². The van der Waals surface area contributed by atoms with Crippen LogP contribution in [0.25, 0.3) is 0 Å². The lowest BCUT2D eigenvalue weighted by Crippen LogP contribution is -2.21. The van der Waals surface area contributed by atoms with Crippen LogP contribution in [-0.2, 0) is 0 Å². The van der Waals surface area contributed by atoms with Crippen LogP contribution in [0.3, 0.4) is 0 Å². The molecule has 0 spiro atoms. The number of nitrogens with two attached hydrogens (primary N) is 1. The average molecular weight is 427 g/mol. The van der Waals surface area contributed by atoms with E-state index in [9.17, 15) is 10.1 Å². The van der Waals surface area contributed by atoms with Crippen LogP contribution in [0, 0.1) is 11.3 Å². The van der Waals surface area contributed by atoms with E-state index >= 15 is 0 Å². The third-order valence-electron chi connectivity index (χ3n) is 4.40. The zero-order valence-electron chi connectivity index (χ0n) is 14.7. The van der Waals surface area contributed by atoms with Crippen LogP contribution in [0.2, 0.25) is 10.0 Å². The number of hydrogen-bond acceptors (Lipinski definition) is 6. The molecule has 1 atom stereocenters. The summed E-state index contributed by atoms with van der Waals surface area (Å²) in [5, 5.41) is 10.4. The minimum Gasteiger partial charge on any atom is -0.457 e. The summed E-state index contributed by atoms with van der Waals surface area (Å²) in [6.45, 7) is 0. The van der Waals surface area contributed by atoms with E-state index in [1.165, 1.54) is 18.4 Å². The number of hydrogen-bond donors (Lipinski definition) is 1. The highest BCUT2D eigenvalue weighted by Gasteiger charge is 2.31. The first-order valence-corrected chi connectivity index (χ1v) is 9.15. The third-order valence-corrected chi connectivity index (χ3v) is 5.14. The molecule has 2 N–H and O–H groups in total. The van der Waals surface area contributed by atoms with Crippen molar-refractivity contribution >= 4 is 29.2 Å². The lowest BCUT2D eigenvalue weighted by molar-refractivity contribution is 0.0701. The van der Waals surface area contributed by atoms with Gasteiger partial charge in [-0.25, -0.2) is 4.79 Å². The van der Waals surface area contributed by atoms with Gasteiger partial charge in [0, 0.05) is 11.6 Å². The lowest BCUT2D eigenvalue weighted by atomic mass is 9.83. The number of halogens is 2. The molecule has 0 saturated carbocycles. The van der Waals surface area contributed by atoms with Crippen molar-refractivity contribution in [3.05, 3.63) is 93.2 Å². The first-order valence-electron chi connectivity index (χ1n) is 8.40. The second kappa shape index (κ2) is 7.55. The molecule has 29 heavy (non-hydrogen) atoms. The maximum Gasteiger partial charge on any atom is 0.379 e. The fourth-order valence-corrected chi connectivity index (χ4v) is 3.39. The van der Waals surface area contributed by atoms with E-state index in [4.69, 9.17) is 42.8 Å². The fourth-order valence-electron chi connectivity index (χ4n) is 3.09. The number of fused-ring (bicyclic) bond motifs is 1. The highest BCUT2D eigenvalue weighted by atomic mass is 35.5. The first kappa shape index (κ1) is 18.9. The van der Waals surface area contributed by atoms with Gasteiger partial charge in [0.05, 0.1) is 22.2 Å². The van der Waals surface area contributed by atoms with Gasteiger partial charge in [0.15, 0.2) is 0 Å². The Morgan fingerprint density at radius 2 is 1.97 bits per heavy atom. The Bertz CT molecular complexity index is 1180. The molecule has 1 aromatic heterocycles. The fraction of sp³-hybridized carbons (Fsp3) is 0.0476. The number of ether oxygens (including phenoxy) is 2. The van der Waals surface area contributed by atoms with Crippen LogP contribution in [0.5, 0.6) is 11.5 Å².